The molecule has 0 spiro atoms. The van der Waals surface area contributed by atoms with Gasteiger partial charge in [0.1, 0.15) is 0 Å². The summed E-state index contributed by atoms with van der Waals surface area (Å²) in [7, 11) is 0. The largest absolute Gasteiger partial charge is 0.364 e. The van der Waals surface area contributed by atoms with Crippen molar-refractivity contribution in [2.24, 2.45) is 5.92 Å². The smallest absolute Gasteiger partial charge is 0.0558 e. The van der Waals surface area contributed by atoms with Gasteiger partial charge in [0.15, 0.2) is 0 Å². The van der Waals surface area contributed by atoms with Gasteiger partial charge in [-0.2, -0.15) is 0 Å². The van der Waals surface area contributed by atoms with Gasteiger partial charge in [-0.25, -0.2) is 0 Å². The van der Waals surface area contributed by atoms with Crippen LogP contribution in [0.2, 0.25) is 0 Å². The molecular formula is C13H18N2. The molecule has 3 heterocycles. The van der Waals surface area contributed by atoms with Crippen LogP contribution in [0.15, 0.2) is 18.3 Å². The fourth-order valence-electron chi connectivity index (χ4n) is 3.06. The molecule has 3 unspecified atom stereocenters. The molecule has 2 saturated heterocycles. The molecule has 3 atom stereocenters. The summed E-state index contributed by atoms with van der Waals surface area (Å²) < 4.78 is 0. The summed E-state index contributed by atoms with van der Waals surface area (Å²) >= 11 is 0. The second kappa shape index (κ2) is 3.22. The lowest BCUT2D eigenvalue weighted by molar-refractivity contribution is 0.177. The van der Waals surface area contributed by atoms with Crippen molar-refractivity contribution in [3.05, 3.63) is 24.0 Å². The van der Waals surface area contributed by atoms with Crippen LogP contribution in [-0.4, -0.2) is 17.1 Å². The Morgan fingerprint density at radius 3 is 2.80 bits per heavy atom. The lowest BCUT2D eigenvalue weighted by Gasteiger charge is -2.57. The molecule has 0 radical (unpaired) electrons. The summed E-state index contributed by atoms with van der Waals surface area (Å²) in [6, 6.07) is 5.93. The third-order valence-electron chi connectivity index (χ3n) is 4.07. The van der Waals surface area contributed by atoms with Crippen LogP contribution in [0, 0.1) is 12.8 Å². The van der Waals surface area contributed by atoms with Crippen LogP contribution in [-0.2, 0) is 0 Å². The molecular weight excluding hydrogens is 184 g/mol. The van der Waals surface area contributed by atoms with E-state index in [1.54, 1.807) is 0 Å². The first kappa shape index (κ1) is 9.20. The summed E-state index contributed by atoms with van der Waals surface area (Å²) in [5, 5.41) is 0. The lowest BCUT2D eigenvalue weighted by atomic mass is 9.73. The molecule has 0 amide bonds. The molecule has 2 aliphatic rings. The van der Waals surface area contributed by atoms with E-state index in [2.05, 4.69) is 28.9 Å². The topological polar surface area (TPSA) is 16.1 Å². The Kier molecular flexibility index (Phi) is 1.98. The van der Waals surface area contributed by atoms with Crippen LogP contribution < -0.4 is 4.90 Å². The molecule has 2 heteroatoms. The zero-order valence-electron chi connectivity index (χ0n) is 9.48. The summed E-state index contributed by atoms with van der Waals surface area (Å²) in [6.45, 7) is 4.43. The number of aromatic nitrogens is 1. The lowest BCUT2D eigenvalue weighted by Crippen LogP contribution is -2.62. The Labute approximate surface area is 91.3 Å². The number of hydrogen-bond donors (Lipinski definition) is 0. The Bertz CT molecular complexity index is 355. The second-order valence-electron chi connectivity index (χ2n) is 5.08. The Morgan fingerprint density at radius 1 is 1.33 bits per heavy atom. The molecule has 1 aromatic rings. The maximum absolute atomic E-state index is 4.39. The minimum atomic E-state index is 0.785. The van der Waals surface area contributed by atoms with Crippen molar-refractivity contribution in [1.82, 2.24) is 4.98 Å². The first-order valence-electron chi connectivity index (χ1n) is 5.96. The first-order valence-corrected chi connectivity index (χ1v) is 5.96. The average molecular weight is 202 g/mol. The van der Waals surface area contributed by atoms with Gasteiger partial charge in [-0.05, 0) is 44.2 Å². The highest BCUT2D eigenvalue weighted by Crippen LogP contribution is 2.44. The second-order valence-corrected chi connectivity index (χ2v) is 5.08. The zero-order chi connectivity index (χ0) is 10.4. The van der Waals surface area contributed by atoms with Gasteiger partial charge in [0.25, 0.3) is 0 Å². The summed E-state index contributed by atoms with van der Waals surface area (Å²) in [5.41, 5.74) is 2.44. The van der Waals surface area contributed by atoms with Crippen molar-refractivity contribution in [2.45, 2.75) is 45.2 Å². The van der Waals surface area contributed by atoms with Crippen LogP contribution in [0.25, 0.3) is 0 Å². The van der Waals surface area contributed by atoms with E-state index in [4.69, 9.17) is 0 Å². The first-order chi connectivity index (χ1) is 7.25. The standard InChI is InChI=1S/C13H18N2/c1-9-3-5-11-7-13(9)15(11)12-6-4-10(2)14-8-12/h4,6,8-9,11,13H,3,5,7H2,1-2H3. The number of fused-ring (bicyclic) bond motifs is 2. The van der Waals surface area contributed by atoms with Crippen LogP contribution in [0.5, 0.6) is 0 Å². The Morgan fingerprint density at radius 2 is 2.20 bits per heavy atom. The summed E-state index contributed by atoms with van der Waals surface area (Å²) in [5.74, 6) is 0.858. The molecule has 2 aliphatic heterocycles. The summed E-state index contributed by atoms with van der Waals surface area (Å²) in [4.78, 5) is 6.98. The number of piperidine rings is 1. The molecule has 0 aromatic carbocycles. The van der Waals surface area contributed by atoms with Crippen LogP contribution in [0.3, 0.4) is 0 Å². The van der Waals surface area contributed by atoms with Crippen LogP contribution in [0.1, 0.15) is 31.9 Å². The van der Waals surface area contributed by atoms with Crippen molar-refractivity contribution in [1.29, 1.82) is 0 Å². The molecule has 15 heavy (non-hydrogen) atoms. The average Bonchev–Trinajstić information content (AvgIpc) is 2.21. The van der Waals surface area contributed by atoms with Crippen molar-refractivity contribution in [3.8, 4) is 0 Å². The van der Waals surface area contributed by atoms with Crippen LogP contribution in [0.4, 0.5) is 5.69 Å². The van der Waals surface area contributed by atoms with Gasteiger partial charge >= 0.3 is 0 Å². The molecule has 1 aromatic heterocycles. The minimum Gasteiger partial charge on any atom is -0.364 e. The molecule has 0 N–H and O–H groups in total. The number of anilines is 1. The van der Waals surface area contributed by atoms with Gasteiger partial charge in [-0.1, -0.05) is 6.92 Å². The number of aryl methyl sites for hydroxylation is 1. The van der Waals surface area contributed by atoms with E-state index in [9.17, 15) is 0 Å². The van der Waals surface area contributed by atoms with Gasteiger partial charge in [0.05, 0.1) is 11.9 Å². The number of rotatable bonds is 1. The van der Waals surface area contributed by atoms with Gasteiger partial charge in [-0.15, -0.1) is 0 Å². The van der Waals surface area contributed by atoms with Crippen molar-refractivity contribution < 1.29 is 0 Å². The fraction of sp³-hybridized carbons (Fsp3) is 0.615. The molecule has 2 nitrogen and oxygen atoms in total. The normalized spacial score (nSPS) is 33.7. The summed E-state index contributed by atoms with van der Waals surface area (Å²) in [6.07, 6.45) is 6.21. The van der Waals surface area contributed by atoms with E-state index < -0.39 is 0 Å². The van der Waals surface area contributed by atoms with Gasteiger partial charge in [0, 0.05) is 17.8 Å². The van der Waals surface area contributed by atoms with Crippen LogP contribution >= 0.6 is 0 Å². The monoisotopic (exact) mass is 202 g/mol. The highest BCUT2D eigenvalue weighted by atomic mass is 15.3. The van der Waals surface area contributed by atoms with E-state index in [0.717, 1.165) is 23.7 Å². The molecule has 3 rings (SSSR count). The zero-order valence-corrected chi connectivity index (χ0v) is 9.48. The SMILES string of the molecule is Cc1ccc(N2C3CCC(C)C2C3)cn1. The number of pyridine rings is 1. The minimum absolute atomic E-state index is 0.785. The van der Waals surface area contributed by atoms with Crippen molar-refractivity contribution in [3.63, 3.8) is 0 Å². The maximum atomic E-state index is 4.39. The highest BCUT2D eigenvalue weighted by molar-refractivity contribution is 5.51. The molecule has 80 valence electrons. The fourth-order valence-corrected chi connectivity index (χ4v) is 3.06. The molecule has 0 saturated carbocycles. The predicted molar refractivity (Wildman–Crippen MR) is 62.0 cm³/mol. The predicted octanol–water partition coefficient (Wildman–Crippen LogP) is 2.77. The maximum Gasteiger partial charge on any atom is 0.0558 e. The molecule has 0 aliphatic carbocycles. The third-order valence-corrected chi connectivity index (χ3v) is 4.07. The third kappa shape index (κ3) is 1.35. The van der Waals surface area contributed by atoms with E-state index in [-0.39, 0.29) is 0 Å². The van der Waals surface area contributed by atoms with Gasteiger partial charge < -0.3 is 4.90 Å². The van der Waals surface area contributed by atoms with Crippen molar-refractivity contribution in [2.75, 3.05) is 4.90 Å². The van der Waals surface area contributed by atoms with Gasteiger partial charge in [0.2, 0.25) is 0 Å². The quantitative estimate of drug-likeness (QED) is 0.696. The van der Waals surface area contributed by atoms with Gasteiger partial charge in [-0.3, -0.25) is 4.98 Å². The number of nitrogens with zero attached hydrogens (tertiary/aromatic N) is 2. The Hall–Kier alpha value is -1.05. The number of hydrogen-bond acceptors (Lipinski definition) is 2. The Balaban J connectivity index is 1.86. The van der Waals surface area contributed by atoms with E-state index in [1.807, 2.05) is 13.1 Å². The van der Waals surface area contributed by atoms with E-state index in [0.29, 0.717) is 0 Å². The molecule has 2 bridgehead atoms. The highest BCUT2D eigenvalue weighted by Gasteiger charge is 2.45. The molecule has 2 fully saturated rings. The van der Waals surface area contributed by atoms with E-state index in [1.165, 1.54) is 24.9 Å². The van der Waals surface area contributed by atoms with E-state index >= 15 is 0 Å². The van der Waals surface area contributed by atoms with Crippen molar-refractivity contribution >= 4 is 5.69 Å².